The molecule has 0 N–H and O–H groups in total. The number of thiophene rings is 1. The smallest absolute Gasteiger partial charge is 0.395 e. The number of rotatable bonds is 4. The normalized spacial score (nSPS) is 22.3. The summed E-state index contributed by atoms with van der Waals surface area (Å²) < 4.78 is 4.97. The molecular weight excluding hydrogens is 358 g/mol. The van der Waals surface area contributed by atoms with Crippen LogP contribution in [0.25, 0.3) is 0 Å². The maximum atomic E-state index is 12.6. The molecule has 0 radical (unpaired) electrons. The van der Waals surface area contributed by atoms with E-state index in [1.165, 1.54) is 17.0 Å². The van der Waals surface area contributed by atoms with Crippen LogP contribution in [0.4, 0.5) is 5.88 Å². The van der Waals surface area contributed by atoms with Crippen molar-refractivity contribution in [2.24, 2.45) is 5.92 Å². The standard InChI is InChI=1S/C17H17N3O5S/c21-16(12-10-11(12)14-2-1-9-26-14)18-5-7-19(8-6-18)17(22)13-3-4-15(25-13)20(23)24/h1-4,9,11-12H,5-8,10H2/t11-,12+/m0/s1. The van der Waals surface area contributed by atoms with Gasteiger partial charge in [-0.15, -0.1) is 11.3 Å². The Morgan fingerprint density at radius 2 is 1.88 bits per heavy atom. The van der Waals surface area contributed by atoms with Gasteiger partial charge in [-0.1, -0.05) is 6.07 Å². The van der Waals surface area contributed by atoms with E-state index >= 15 is 0 Å². The fraction of sp³-hybridized carbons (Fsp3) is 0.412. The topological polar surface area (TPSA) is 96.9 Å². The zero-order valence-corrected chi connectivity index (χ0v) is 14.7. The minimum absolute atomic E-state index is 0.0450. The molecule has 0 spiro atoms. The van der Waals surface area contributed by atoms with Crippen molar-refractivity contribution in [1.82, 2.24) is 9.80 Å². The third kappa shape index (κ3) is 3.10. The SMILES string of the molecule is O=C(c1ccc([N+](=O)[O-])o1)N1CCN(C(=O)[C@@H]2C[C@@H]2c2cccs2)CC1. The summed E-state index contributed by atoms with van der Waals surface area (Å²) in [4.78, 5) is 39.6. The molecule has 2 amide bonds. The third-order valence-corrected chi connectivity index (χ3v) is 5.88. The Morgan fingerprint density at radius 1 is 1.15 bits per heavy atom. The molecule has 0 unspecified atom stereocenters. The minimum atomic E-state index is -0.674. The molecule has 3 heterocycles. The quantitative estimate of drug-likeness (QED) is 0.603. The maximum absolute atomic E-state index is 12.6. The van der Waals surface area contributed by atoms with E-state index in [1.54, 1.807) is 16.2 Å². The van der Waals surface area contributed by atoms with Crippen LogP contribution in [-0.4, -0.2) is 52.7 Å². The summed E-state index contributed by atoms with van der Waals surface area (Å²) in [6.07, 6.45) is 0.897. The highest BCUT2D eigenvalue weighted by Crippen LogP contribution is 2.50. The van der Waals surface area contributed by atoms with Crippen molar-refractivity contribution in [2.45, 2.75) is 12.3 Å². The molecule has 2 aliphatic rings. The molecule has 1 aliphatic carbocycles. The second-order valence-corrected chi connectivity index (χ2v) is 7.46. The van der Waals surface area contributed by atoms with Crippen LogP contribution in [0.3, 0.4) is 0 Å². The van der Waals surface area contributed by atoms with Gasteiger partial charge >= 0.3 is 5.88 Å². The number of carbonyl (C=O) groups excluding carboxylic acids is 2. The molecule has 2 aromatic rings. The summed E-state index contributed by atoms with van der Waals surface area (Å²) in [6.45, 7) is 1.74. The largest absolute Gasteiger partial charge is 0.433 e. The summed E-state index contributed by atoms with van der Waals surface area (Å²) in [7, 11) is 0. The van der Waals surface area contributed by atoms with Crippen molar-refractivity contribution in [3.8, 4) is 0 Å². The molecule has 4 rings (SSSR count). The van der Waals surface area contributed by atoms with Crippen LogP contribution in [0.5, 0.6) is 0 Å². The monoisotopic (exact) mass is 375 g/mol. The first kappa shape index (κ1) is 16.8. The maximum Gasteiger partial charge on any atom is 0.433 e. The van der Waals surface area contributed by atoms with Gasteiger partial charge in [-0.3, -0.25) is 19.7 Å². The van der Waals surface area contributed by atoms with E-state index in [1.807, 2.05) is 16.3 Å². The van der Waals surface area contributed by atoms with Gasteiger partial charge in [0.05, 0.1) is 6.07 Å². The van der Waals surface area contributed by atoms with Gasteiger partial charge in [0.25, 0.3) is 5.91 Å². The van der Waals surface area contributed by atoms with Crippen LogP contribution < -0.4 is 0 Å². The molecule has 2 fully saturated rings. The van der Waals surface area contributed by atoms with Gasteiger partial charge < -0.3 is 14.2 Å². The highest BCUT2D eigenvalue weighted by atomic mass is 32.1. The fourth-order valence-electron chi connectivity index (χ4n) is 3.35. The molecule has 1 saturated heterocycles. The van der Waals surface area contributed by atoms with Crippen LogP contribution in [0.15, 0.2) is 34.1 Å². The fourth-order valence-corrected chi connectivity index (χ4v) is 4.25. The molecule has 26 heavy (non-hydrogen) atoms. The highest BCUT2D eigenvalue weighted by molar-refractivity contribution is 7.10. The van der Waals surface area contributed by atoms with E-state index in [4.69, 9.17) is 4.42 Å². The van der Waals surface area contributed by atoms with Crippen LogP contribution in [0.1, 0.15) is 27.8 Å². The van der Waals surface area contributed by atoms with E-state index in [0.717, 1.165) is 6.42 Å². The zero-order chi connectivity index (χ0) is 18.3. The van der Waals surface area contributed by atoms with Crippen molar-refractivity contribution >= 4 is 29.0 Å². The van der Waals surface area contributed by atoms with Crippen molar-refractivity contribution in [3.05, 3.63) is 50.4 Å². The number of furan rings is 1. The Morgan fingerprint density at radius 3 is 2.50 bits per heavy atom. The average molecular weight is 375 g/mol. The van der Waals surface area contributed by atoms with Gasteiger partial charge in [0.15, 0.2) is 5.76 Å². The van der Waals surface area contributed by atoms with E-state index < -0.39 is 10.8 Å². The molecule has 2 aromatic heterocycles. The molecule has 9 heteroatoms. The van der Waals surface area contributed by atoms with Gasteiger partial charge in [0.1, 0.15) is 4.92 Å². The van der Waals surface area contributed by atoms with Gasteiger partial charge in [-0.2, -0.15) is 0 Å². The number of nitro groups is 1. The van der Waals surface area contributed by atoms with E-state index in [2.05, 4.69) is 6.07 Å². The first-order valence-electron chi connectivity index (χ1n) is 8.40. The van der Waals surface area contributed by atoms with Crippen LogP contribution in [-0.2, 0) is 4.79 Å². The first-order chi connectivity index (χ1) is 12.5. The summed E-state index contributed by atoms with van der Waals surface area (Å²) in [5.41, 5.74) is 0. The Bertz CT molecular complexity index is 838. The summed E-state index contributed by atoms with van der Waals surface area (Å²) in [6, 6.07) is 6.56. The number of hydrogen-bond donors (Lipinski definition) is 0. The Kier molecular flexibility index (Phi) is 4.23. The molecule has 2 atom stereocenters. The van der Waals surface area contributed by atoms with Crippen LogP contribution in [0.2, 0.25) is 0 Å². The molecule has 0 bridgehead atoms. The van der Waals surface area contributed by atoms with Gasteiger partial charge in [0.2, 0.25) is 5.91 Å². The highest BCUT2D eigenvalue weighted by Gasteiger charge is 2.46. The third-order valence-electron chi connectivity index (χ3n) is 4.88. The molecule has 136 valence electrons. The molecule has 1 aliphatic heterocycles. The van der Waals surface area contributed by atoms with Crippen molar-refractivity contribution < 1.29 is 18.9 Å². The lowest BCUT2D eigenvalue weighted by atomic mass is 10.2. The van der Waals surface area contributed by atoms with E-state index in [-0.39, 0.29) is 23.5 Å². The lowest BCUT2D eigenvalue weighted by molar-refractivity contribution is -0.402. The number of amides is 2. The second-order valence-electron chi connectivity index (χ2n) is 6.48. The van der Waals surface area contributed by atoms with E-state index in [9.17, 15) is 19.7 Å². The molecule has 8 nitrogen and oxygen atoms in total. The predicted octanol–water partition coefficient (Wildman–Crippen LogP) is 2.34. The van der Waals surface area contributed by atoms with Gasteiger partial charge in [-0.05, 0) is 23.9 Å². The number of hydrogen-bond acceptors (Lipinski definition) is 6. The number of piperazine rings is 1. The second kappa shape index (κ2) is 6.56. The lowest BCUT2D eigenvalue weighted by Gasteiger charge is -2.34. The summed E-state index contributed by atoms with van der Waals surface area (Å²) in [5, 5.41) is 12.7. The first-order valence-corrected chi connectivity index (χ1v) is 9.28. The Hall–Kier alpha value is -2.68. The minimum Gasteiger partial charge on any atom is -0.395 e. The van der Waals surface area contributed by atoms with Crippen molar-refractivity contribution in [1.29, 1.82) is 0 Å². The summed E-state index contributed by atoms with van der Waals surface area (Å²) in [5.74, 6) is -0.321. The predicted molar refractivity (Wildman–Crippen MR) is 93.0 cm³/mol. The zero-order valence-electron chi connectivity index (χ0n) is 13.9. The summed E-state index contributed by atoms with van der Waals surface area (Å²) >= 11 is 1.69. The number of carbonyl (C=O) groups is 2. The molecule has 1 saturated carbocycles. The van der Waals surface area contributed by atoms with Crippen molar-refractivity contribution in [2.75, 3.05) is 26.2 Å². The Labute approximate surface area is 153 Å². The molecule has 0 aromatic carbocycles. The van der Waals surface area contributed by atoms with Crippen LogP contribution >= 0.6 is 11.3 Å². The van der Waals surface area contributed by atoms with Crippen LogP contribution in [0, 0.1) is 16.0 Å². The molecular formula is C17H17N3O5S. The van der Waals surface area contributed by atoms with Gasteiger partial charge in [0, 0.05) is 42.9 Å². The van der Waals surface area contributed by atoms with E-state index in [0.29, 0.717) is 32.1 Å². The Balaban J connectivity index is 1.32. The van der Waals surface area contributed by atoms with Crippen molar-refractivity contribution in [3.63, 3.8) is 0 Å². The lowest BCUT2D eigenvalue weighted by Crippen LogP contribution is -2.51. The average Bonchev–Trinajstić information content (AvgIpc) is 3.06. The van der Waals surface area contributed by atoms with Gasteiger partial charge in [-0.25, -0.2) is 0 Å². The number of nitrogens with zero attached hydrogens (tertiary/aromatic N) is 3.